The molecule has 1 N–H and O–H groups in total. The van der Waals surface area contributed by atoms with Gasteiger partial charge in [-0.2, -0.15) is 0 Å². The van der Waals surface area contributed by atoms with Crippen LogP contribution in [0, 0.1) is 11.8 Å². The number of esters is 1. The van der Waals surface area contributed by atoms with Crippen LogP contribution in [-0.4, -0.2) is 82.3 Å². The van der Waals surface area contributed by atoms with Crippen molar-refractivity contribution in [2.24, 2.45) is 11.8 Å². The lowest BCUT2D eigenvalue weighted by Crippen LogP contribution is -2.57. The molecule has 6 atom stereocenters. The van der Waals surface area contributed by atoms with Crippen LogP contribution < -0.4 is 0 Å². The molecule has 2 unspecified atom stereocenters. The van der Waals surface area contributed by atoms with Gasteiger partial charge in [-0.25, -0.2) is 0 Å². The molecule has 4 aliphatic heterocycles. The number of likely N-dealkylation sites (tertiary alicyclic amines) is 1. The minimum absolute atomic E-state index is 0.0277. The van der Waals surface area contributed by atoms with E-state index in [0.717, 1.165) is 57.8 Å². The van der Waals surface area contributed by atoms with E-state index in [2.05, 4.69) is 19.9 Å². The molecule has 2 fully saturated rings. The molecule has 212 valence electrons. The number of aliphatic hydroxyl groups excluding tert-OH is 1. The summed E-state index contributed by atoms with van der Waals surface area (Å²) in [6, 6.07) is -0.793. The molecule has 0 bridgehead atoms. The van der Waals surface area contributed by atoms with Crippen LogP contribution in [0.2, 0.25) is 0 Å². The third-order valence-corrected chi connectivity index (χ3v) is 8.96. The predicted octanol–water partition coefficient (Wildman–Crippen LogP) is 3.77. The average molecular weight is 531 g/mol. The largest absolute Gasteiger partial charge is 0.465 e. The van der Waals surface area contributed by atoms with Gasteiger partial charge in [-0.1, -0.05) is 57.4 Å². The molecule has 2 saturated heterocycles. The molecule has 4 aliphatic rings. The molecule has 0 saturated carbocycles. The lowest BCUT2D eigenvalue weighted by atomic mass is 9.73. The molecular formula is C30H46N2O6. The number of nitrogens with zero attached hydrogens (tertiary/aromatic N) is 2. The number of aliphatic hydroxyl groups is 1. The van der Waals surface area contributed by atoms with Crippen LogP contribution in [0.3, 0.4) is 0 Å². The monoisotopic (exact) mass is 530 g/mol. The number of unbranched alkanes of at least 4 members (excludes halogenated alkanes) is 3. The molecule has 0 aromatic heterocycles. The van der Waals surface area contributed by atoms with Crippen molar-refractivity contribution in [1.82, 2.24) is 9.80 Å². The number of rotatable bonds is 10. The number of carbonyl (C=O) groups excluding carboxylic acids is 3. The summed E-state index contributed by atoms with van der Waals surface area (Å²) >= 11 is 0. The lowest BCUT2D eigenvalue weighted by Gasteiger charge is -2.39. The molecule has 38 heavy (non-hydrogen) atoms. The number of hydrogen-bond acceptors (Lipinski definition) is 6. The minimum atomic E-state index is -1.22. The van der Waals surface area contributed by atoms with Gasteiger partial charge >= 0.3 is 5.97 Å². The topological polar surface area (TPSA) is 96.4 Å². The van der Waals surface area contributed by atoms with Gasteiger partial charge in [-0.05, 0) is 51.9 Å². The fourth-order valence-corrected chi connectivity index (χ4v) is 7.01. The number of cyclic esters (lactones) is 1. The van der Waals surface area contributed by atoms with Crippen molar-refractivity contribution in [3.8, 4) is 0 Å². The van der Waals surface area contributed by atoms with Crippen LogP contribution in [-0.2, 0) is 23.9 Å². The number of allylic oxidation sites excluding steroid dienone is 1. The van der Waals surface area contributed by atoms with Gasteiger partial charge in [0.15, 0.2) is 0 Å². The number of carbonyl (C=O) groups is 3. The third kappa shape index (κ3) is 5.06. The molecular weight excluding hydrogens is 484 g/mol. The maximum absolute atomic E-state index is 14.3. The zero-order valence-electron chi connectivity index (χ0n) is 23.4. The van der Waals surface area contributed by atoms with Crippen molar-refractivity contribution in [2.75, 3.05) is 26.3 Å². The molecule has 2 amide bonds. The second kappa shape index (κ2) is 12.3. The van der Waals surface area contributed by atoms with Crippen molar-refractivity contribution >= 4 is 17.8 Å². The van der Waals surface area contributed by atoms with E-state index in [1.807, 2.05) is 30.1 Å². The summed E-state index contributed by atoms with van der Waals surface area (Å²) in [7, 11) is 0. The summed E-state index contributed by atoms with van der Waals surface area (Å²) in [6.07, 6.45) is 15.9. The van der Waals surface area contributed by atoms with Crippen LogP contribution >= 0.6 is 0 Å². The number of ether oxygens (including phenoxy) is 2. The van der Waals surface area contributed by atoms with Gasteiger partial charge in [0.25, 0.3) is 0 Å². The Morgan fingerprint density at radius 2 is 1.82 bits per heavy atom. The van der Waals surface area contributed by atoms with Crippen molar-refractivity contribution in [3.63, 3.8) is 0 Å². The maximum atomic E-state index is 14.3. The quantitative estimate of drug-likeness (QED) is 0.262. The van der Waals surface area contributed by atoms with Crippen LogP contribution in [0.5, 0.6) is 0 Å². The second-order valence-corrected chi connectivity index (χ2v) is 11.4. The zero-order valence-corrected chi connectivity index (χ0v) is 23.4. The fraction of sp³-hybridized carbons (Fsp3) is 0.767. The summed E-state index contributed by atoms with van der Waals surface area (Å²) in [5.74, 6) is -2.33. The predicted molar refractivity (Wildman–Crippen MR) is 144 cm³/mol. The molecule has 1 spiro atoms. The standard InChI is InChI=1S/C30H46N2O6/c1-4-15-22(3)31-19-14-17-30-23(26(34)32(25(30)27(31)35)18-11-7-8-12-20-33)24-28(36)37-21-13-9-6-10-16-29(24,5-2)38-30/h10,14,16-17,22-25,33H,4-9,11-13,15,18-21H2,1-3H3/b16-10-/t22?,23-,24+,25?,29-,30-/m0/s1. The highest BCUT2D eigenvalue weighted by Gasteiger charge is 2.75. The van der Waals surface area contributed by atoms with Gasteiger partial charge in [0.05, 0.1) is 12.5 Å². The van der Waals surface area contributed by atoms with E-state index in [4.69, 9.17) is 14.6 Å². The smallest absolute Gasteiger partial charge is 0.313 e. The van der Waals surface area contributed by atoms with Crippen molar-refractivity contribution in [3.05, 3.63) is 24.3 Å². The van der Waals surface area contributed by atoms with Crippen LogP contribution in [0.25, 0.3) is 0 Å². The second-order valence-electron chi connectivity index (χ2n) is 11.4. The summed E-state index contributed by atoms with van der Waals surface area (Å²) in [6.45, 7) is 7.49. The van der Waals surface area contributed by atoms with Gasteiger partial charge in [0.2, 0.25) is 11.8 Å². The van der Waals surface area contributed by atoms with Crippen molar-refractivity contribution in [1.29, 1.82) is 0 Å². The van der Waals surface area contributed by atoms with Gasteiger partial charge in [-0.15, -0.1) is 0 Å². The highest BCUT2D eigenvalue weighted by atomic mass is 16.6. The van der Waals surface area contributed by atoms with E-state index < -0.39 is 35.0 Å². The summed E-state index contributed by atoms with van der Waals surface area (Å²) in [5, 5.41) is 9.15. The zero-order chi connectivity index (χ0) is 27.3. The minimum Gasteiger partial charge on any atom is -0.465 e. The Morgan fingerprint density at radius 3 is 2.55 bits per heavy atom. The van der Waals surface area contributed by atoms with Gasteiger partial charge in [-0.3, -0.25) is 14.4 Å². The third-order valence-electron chi connectivity index (χ3n) is 8.96. The number of amides is 2. The van der Waals surface area contributed by atoms with Crippen LogP contribution in [0.1, 0.15) is 85.0 Å². The number of fused-ring (bicyclic) bond motifs is 2. The Hall–Kier alpha value is -2.19. The van der Waals surface area contributed by atoms with Gasteiger partial charge in [0, 0.05) is 25.7 Å². The number of hydrogen-bond donors (Lipinski definition) is 1. The molecule has 4 rings (SSSR count). The SMILES string of the molecule is CCCC(C)N1CC=C[C@]23O[C@@]4(CC)/C=C\CCCCOC(=O)[C@H]4[C@H]2C(=O)N(CCCCCCO)C3C1=O. The van der Waals surface area contributed by atoms with E-state index in [1.54, 1.807) is 4.90 Å². The Morgan fingerprint density at radius 1 is 1.03 bits per heavy atom. The molecule has 0 aromatic carbocycles. The molecule has 0 aliphatic carbocycles. The Balaban J connectivity index is 1.78. The van der Waals surface area contributed by atoms with E-state index in [1.165, 1.54) is 0 Å². The Labute approximate surface area is 227 Å². The van der Waals surface area contributed by atoms with E-state index in [-0.39, 0.29) is 24.5 Å². The Kier molecular flexibility index (Phi) is 9.35. The molecule has 8 heteroatoms. The maximum Gasteiger partial charge on any atom is 0.313 e. The van der Waals surface area contributed by atoms with E-state index >= 15 is 0 Å². The lowest BCUT2D eigenvalue weighted by molar-refractivity contribution is -0.161. The van der Waals surface area contributed by atoms with Crippen molar-refractivity contribution < 1.29 is 29.0 Å². The average Bonchev–Trinajstić information content (AvgIpc) is 3.25. The molecule has 8 nitrogen and oxygen atoms in total. The highest BCUT2D eigenvalue weighted by molar-refractivity contribution is 5.99. The fourth-order valence-electron chi connectivity index (χ4n) is 7.01. The first kappa shape index (κ1) is 28.8. The summed E-state index contributed by atoms with van der Waals surface area (Å²) in [4.78, 5) is 45.9. The summed E-state index contributed by atoms with van der Waals surface area (Å²) in [5.41, 5.74) is -2.23. The van der Waals surface area contributed by atoms with Gasteiger partial charge in [0.1, 0.15) is 23.2 Å². The van der Waals surface area contributed by atoms with Crippen LogP contribution in [0.4, 0.5) is 0 Å². The normalized spacial score (nSPS) is 34.8. The first-order valence-electron chi connectivity index (χ1n) is 14.8. The first-order valence-corrected chi connectivity index (χ1v) is 14.8. The molecule has 0 aromatic rings. The van der Waals surface area contributed by atoms with Crippen molar-refractivity contribution in [2.45, 2.75) is 108 Å². The highest BCUT2D eigenvalue weighted by Crippen LogP contribution is 2.58. The molecule has 0 radical (unpaired) electrons. The Bertz CT molecular complexity index is 934. The van der Waals surface area contributed by atoms with Crippen LogP contribution in [0.15, 0.2) is 24.3 Å². The first-order chi connectivity index (χ1) is 18.4. The van der Waals surface area contributed by atoms with Gasteiger partial charge < -0.3 is 24.4 Å². The molecule has 4 heterocycles. The van der Waals surface area contributed by atoms with E-state index in [9.17, 15) is 14.4 Å². The summed E-state index contributed by atoms with van der Waals surface area (Å²) < 4.78 is 12.7. The van der Waals surface area contributed by atoms with E-state index in [0.29, 0.717) is 26.1 Å².